The molecule has 7 heteroatoms. The van der Waals surface area contributed by atoms with Gasteiger partial charge in [-0.25, -0.2) is 9.67 Å². The number of hydrogen-bond donors (Lipinski definition) is 1. The van der Waals surface area contributed by atoms with Crippen molar-refractivity contribution in [3.8, 4) is 5.69 Å². The summed E-state index contributed by atoms with van der Waals surface area (Å²) in [6.07, 6.45) is 9.96. The third kappa shape index (κ3) is 3.32. The molecule has 152 valence electrons. The summed E-state index contributed by atoms with van der Waals surface area (Å²) in [4.78, 5) is 31.4. The number of hydrogen-bond acceptors (Lipinski definition) is 4. The molecule has 1 aromatic heterocycles. The zero-order valence-corrected chi connectivity index (χ0v) is 16.8. The minimum absolute atomic E-state index is 0.0106. The lowest BCUT2D eigenvalue weighted by atomic mass is 9.51. The first-order valence-electron chi connectivity index (χ1n) is 10.6. The van der Waals surface area contributed by atoms with Gasteiger partial charge in [-0.1, -0.05) is 6.42 Å². The maximum absolute atomic E-state index is 13.0. The molecule has 29 heavy (non-hydrogen) atoms. The molecule has 1 N–H and O–H groups in total. The highest BCUT2D eigenvalue weighted by molar-refractivity contribution is 5.95. The van der Waals surface area contributed by atoms with E-state index in [2.05, 4.69) is 22.3 Å². The largest absolute Gasteiger partial charge is 0.351 e. The summed E-state index contributed by atoms with van der Waals surface area (Å²) in [7, 11) is 0. The highest BCUT2D eigenvalue weighted by Crippen LogP contribution is 2.58. The molecule has 3 fully saturated rings. The number of nitrogens with zero attached hydrogens (tertiary/aromatic N) is 4. The Morgan fingerprint density at radius 2 is 1.93 bits per heavy atom. The van der Waals surface area contributed by atoms with Crippen LogP contribution in [-0.2, 0) is 4.79 Å². The van der Waals surface area contributed by atoms with Gasteiger partial charge in [0.15, 0.2) is 0 Å². The van der Waals surface area contributed by atoms with Gasteiger partial charge in [0.1, 0.15) is 12.7 Å². The lowest BCUT2D eigenvalue weighted by molar-refractivity contribution is -0.137. The van der Waals surface area contributed by atoms with Crippen LogP contribution >= 0.6 is 0 Å². The molecule has 1 saturated heterocycles. The molecule has 0 bridgehead atoms. The van der Waals surface area contributed by atoms with Crippen LogP contribution in [0.3, 0.4) is 0 Å². The number of amides is 2. The Labute approximate surface area is 170 Å². The molecule has 2 aliphatic carbocycles. The molecule has 2 aromatic rings. The van der Waals surface area contributed by atoms with Crippen LogP contribution in [0, 0.1) is 11.3 Å². The number of benzene rings is 1. The van der Waals surface area contributed by atoms with Crippen LogP contribution in [0.4, 0.5) is 0 Å². The van der Waals surface area contributed by atoms with Crippen molar-refractivity contribution in [2.24, 2.45) is 11.3 Å². The zero-order chi connectivity index (χ0) is 20.0. The third-order valence-electron chi connectivity index (χ3n) is 7.12. The van der Waals surface area contributed by atoms with Gasteiger partial charge < -0.3 is 10.2 Å². The molecule has 5 rings (SSSR count). The molecule has 7 nitrogen and oxygen atoms in total. The Balaban J connectivity index is 1.18. The maximum Gasteiger partial charge on any atom is 0.254 e. The first kappa shape index (κ1) is 18.3. The molecule has 2 saturated carbocycles. The number of carbonyl (C=O) groups excluding carboxylic acids is 2. The normalized spacial score (nSPS) is 25.5. The second-order valence-corrected chi connectivity index (χ2v) is 9.09. The van der Waals surface area contributed by atoms with Gasteiger partial charge in [-0.2, -0.15) is 5.10 Å². The van der Waals surface area contributed by atoms with Gasteiger partial charge in [-0.3, -0.25) is 9.59 Å². The number of aromatic nitrogens is 3. The summed E-state index contributed by atoms with van der Waals surface area (Å²) < 4.78 is 1.66. The quantitative estimate of drug-likeness (QED) is 0.866. The summed E-state index contributed by atoms with van der Waals surface area (Å²) >= 11 is 0. The van der Waals surface area contributed by atoms with Crippen LogP contribution in [0.5, 0.6) is 0 Å². The molecule has 0 radical (unpaired) electrons. The average Bonchev–Trinajstić information content (AvgIpc) is 3.29. The van der Waals surface area contributed by atoms with Crippen LogP contribution in [-0.4, -0.2) is 50.1 Å². The molecule has 1 aliphatic heterocycles. The number of rotatable bonds is 4. The zero-order valence-electron chi connectivity index (χ0n) is 16.8. The van der Waals surface area contributed by atoms with Crippen molar-refractivity contribution >= 4 is 11.8 Å². The molecular formula is C22H27N5O2. The van der Waals surface area contributed by atoms with E-state index in [9.17, 15) is 9.59 Å². The van der Waals surface area contributed by atoms with Gasteiger partial charge in [0, 0.05) is 30.1 Å². The Morgan fingerprint density at radius 1 is 1.17 bits per heavy atom. The topological polar surface area (TPSA) is 80.1 Å². The van der Waals surface area contributed by atoms with Crippen molar-refractivity contribution in [3.05, 3.63) is 42.5 Å². The van der Waals surface area contributed by atoms with Crippen molar-refractivity contribution in [1.29, 1.82) is 0 Å². The Hall–Kier alpha value is -2.70. The first-order chi connectivity index (χ1) is 14.0. The summed E-state index contributed by atoms with van der Waals surface area (Å²) in [5.41, 5.74) is 2.02. The smallest absolute Gasteiger partial charge is 0.254 e. The fraction of sp³-hybridized carbons (Fsp3) is 0.545. The highest BCUT2D eigenvalue weighted by atomic mass is 16.2. The summed E-state index contributed by atoms with van der Waals surface area (Å²) in [5, 5.41) is 7.31. The standard InChI is InChI=1S/C22H27N5O2/c1-15-9-18(25-20(28)17-10-22(11-17)7-2-8-22)12-26(15)21(29)16-3-5-19(6-4-16)27-14-23-13-24-27/h3-6,13-15,17-18H,2,7-12H2,1H3,(H,25,28). The van der Waals surface area contributed by atoms with Crippen molar-refractivity contribution in [1.82, 2.24) is 25.0 Å². The summed E-state index contributed by atoms with van der Waals surface area (Å²) in [6.45, 7) is 2.63. The van der Waals surface area contributed by atoms with Crippen molar-refractivity contribution in [2.45, 2.75) is 57.5 Å². The van der Waals surface area contributed by atoms with Gasteiger partial charge in [-0.05, 0) is 68.7 Å². The molecule has 1 aromatic carbocycles. The first-order valence-corrected chi connectivity index (χ1v) is 10.6. The maximum atomic E-state index is 13.0. The van der Waals surface area contributed by atoms with Crippen LogP contribution in [0.25, 0.3) is 5.69 Å². The van der Waals surface area contributed by atoms with Gasteiger partial charge in [0.05, 0.1) is 5.69 Å². The lowest BCUT2D eigenvalue weighted by Crippen LogP contribution is -2.51. The second-order valence-electron chi connectivity index (χ2n) is 9.09. The van der Waals surface area contributed by atoms with Crippen molar-refractivity contribution in [2.75, 3.05) is 6.54 Å². The minimum Gasteiger partial charge on any atom is -0.351 e. The van der Waals surface area contributed by atoms with Crippen LogP contribution in [0.2, 0.25) is 0 Å². The van der Waals surface area contributed by atoms with Gasteiger partial charge in [0.2, 0.25) is 5.91 Å². The molecule has 2 amide bonds. The van der Waals surface area contributed by atoms with Gasteiger partial charge in [0.25, 0.3) is 5.91 Å². The third-order valence-corrected chi connectivity index (χ3v) is 7.12. The monoisotopic (exact) mass is 393 g/mol. The number of carbonyl (C=O) groups is 2. The van der Waals surface area contributed by atoms with Crippen LogP contribution in [0.15, 0.2) is 36.9 Å². The molecule has 2 unspecified atom stereocenters. The summed E-state index contributed by atoms with van der Waals surface area (Å²) in [5.74, 6) is 0.377. The van der Waals surface area contributed by atoms with E-state index in [1.807, 2.05) is 29.2 Å². The fourth-order valence-electron chi connectivity index (χ4n) is 5.26. The number of likely N-dealkylation sites (tertiary alicyclic amines) is 1. The van der Waals surface area contributed by atoms with Crippen molar-refractivity contribution in [3.63, 3.8) is 0 Å². The van der Waals surface area contributed by atoms with Gasteiger partial charge in [-0.15, -0.1) is 0 Å². The van der Waals surface area contributed by atoms with E-state index in [-0.39, 0.29) is 29.8 Å². The van der Waals surface area contributed by atoms with E-state index in [0.29, 0.717) is 17.5 Å². The Bertz CT molecular complexity index is 896. The number of nitrogens with one attached hydrogen (secondary N) is 1. The van der Waals surface area contributed by atoms with E-state index >= 15 is 0 Å². The Kier molecular flexibility index (Phi) is 4.41. The fourth-order valence-corrected chi connectivity index (χ4v) is 5.26. The SMILES string of the molecule is CC1CC(NC(=O)C2CC3(CCC3)C2)CN1C(=O)c1ccc(-n2cncn2)cc1. The van der Waals surface area contributed by atoms with E-state index in [0.717, 1.165) is 24.9 Å². The molecule has 1 spiro atoms. The molecule has 3 aliphatic rings. The highest BCUT2D eigenvalue weighted by Gasteiger charge is 2.50. The molecule has 2 atom stereocenters. The predicted molar refractivity (Wildman–Crippen MR) is 107 cm³/mol. The van der Waals surface area contributed by atoms with Gasteiger partial charge >= 0.3 is 0 Å². The average molecular weight is 393 g/mol. The Morgan fingerprint density at radius 3 is 2.55 bits per heavy atom. The lowest BCUT2D eigenvalue weighted by Gasteiger charge is -2.53. The van der Waals surface area contributed by atoms with Crippen LogP contribution < -0.4 is 5.32 Å². The predicted octanol–water partition coefficient (Wildman–Crippen LogP) is 2.57. The minimum atomic E-state index is 0.0106. The second kappa shape index (κ2) is 6.97. The summed E-state index contributed by atoms with van der Waals surface area (Å²) in [6, 6.07) is 7.55. The van der Waals surface area contributed by atoms with E-state index < -0.39 is 0 Å². The van der Waals surface area contributed by atoms with E-state index in [1.54, 1.807) is 11.0 Å². The van der Waals surface area contributed by atoms with Crippen molar-refractivity contribution < 1.29 is 9.59 Å². The van der Waals surface area contributed by atoms with E-state index in [1.165, 1.54) is 25.6 Å². The van der Waals surface area contributed by atoms with Crippen LogP contribution in [0.1, 0.15) is 55.8 Å². The molecule has 2 heterocycles. The molecular weight excluding hydrogens is 366 g/mol. The van der Waals surface area contributed by atoms with E-state index in [4.69, 9.17) is 0 Å².